The van der Waals surface area contributed by atoms with Gasteiger partial charge in [-0.15, -0.1) is 0 Å². The van der Waals surface area contributed by atoms with Gasteiger partial charge in [-0.1, -0.05) is 50.1 Å². The molecular formula is C17H27NO3. The first-order chi connectivity index (χ1) is 10.3. The molecule has 1 unspecified atom stereocenters. The number of rotatable bonds is 11. The minimum Gasteiger partial charge on any atom is -0.395 e. The van der Waals surface area contributed by atoms with Gasteiger partial charge in [-0.05, 0) is 18.4 Å². The van der Waals surface area contributed by atoms with Gasteiger partial charge in [0.25, 0.3) is 0 Å². The molecule has 1 amide bonds. The number of aliphatic hydroxyl groups excluding tert-OH is 1. The van der Waals surface area contributed by atoms with Gasteiger partial charge in [-0.2, -0.15) is 0 Å². The average Bonchev–Trinajstić information content (AvgIpc) is 2.51. The van der Waals surface area contributed by atoms with Gasteiger partial charge in [-0.25, -0.2) is 0 Å². The summed E-state index contributed by atoms with van der Waals surface area (Å²) in [6.07, 6.45) is 4.25. The lowest BCUT2D eigenvalue weighted by Crippen LogP contribution is -2.31. The summed E-state index contributed by atoms with van der Waals surface area (Å²) >= 11 is 0. The van der Waals surface area contributed by atoms with Crippen LogP contribution in [0.3, 0.4) is 0 Å². The smallest absolute Gasteiger partial charge is 0.222 e. The summed E-state index contributed by atoms with van der Waals surface area (Å²) in [5, 5.41) is 11.4. The molecule has 1 rings (SSSR count). The summed E-state index contributed by atoms with van der Waals surface area (Å²) in [5.41, 5.74) is 1.25. The molecule has 1 aromatic rings. The zero-order chi connectivity index (χ0) is 15.3. The van der Waals surface area contributed by atoms with Crippen molar-refractivity contribution in [2.24, 2.45) is 0 Å². The normalized spacial score (nSPS) is 12.1. The number of aliphatic hydroxyl groups is 1. The molecule has 0 aromatic heterocycles. The Morgan fingerprint density at radius 2 is 2.10 bits per heavy atom. The summed E-state index contributed by atoms with van der Waals surface area (Å²) in [4.78, 5) is 11.7. The van der Waals surface area contributed by atoms with Crippen molar-refractivity contribution in [2.45, 2.75) is 45.1 Å². The first-order valence-electron chi connectivity index (χ1n) is 7.79. The largest absolute Gasteiger partial charge is 0.395 e. The van der Waals surface area contributed by atoms with Crippen LogP contribution in [0.1, 0.15) is 38.2 Å². The lowest BCUT2D eigenvalue weighted by atomic mass is 10.1. The van der Waals surface area contributed by atoms with E-state index in [4.69, 9.17) is 9.84 Å². The molecule has 0 fully saturated rings. The van der Waals surface area contributed by atoms with Crippen LogP contribution in [0.15, 0.2) is 30.3 Å². The van der Waals surface area contributed by atoms with Crippen LogP contribution < -0.4 is 5.32 Å². The highest BCUT2D eigenvalue weighted by Crippen LogP contribution is 2.10. The van der Waals surface area contributed by atoms with Gasteiger partial charge in [0.15, 0.2) is 0 Å². The van der Waals surface area contributed by atoms with E-state index < -0.39 is 0 Å². The summed E-state index contributed by atoms with van der Waals surface area (Å²) in [6.45, 7) is 3.04. The molecule has 1 atom stereocenters. The minimum absolute atomic E-state index is 0.0275. The number of ether oxygens (including phenoxy) is 1. The first-order valence-corrected chi connectivity index (χ1v) is 7.79. The first kappa shape index (κ1) is 17.7. The predicted molar refractivity (Wildman–Crippen MR) is 84.1 cm³/mol. The van der Waals surface area contributed by atoms with E-state index >= 15 is 0 Å². The topological polar surface area (TPSA) is 58.6 Å². The molecule has 4 nitrogen and oxygen atoms in total. The molecule has 21 heavy (non-hydrogen) atoms. The van der Waals surface area contributed by atoms with Crippen molar-refractivity contribution in [1.82, 2.24) is 5.32 Å². The molecule has 0 radical (unpaired) electrons. The van der Waals surface area contributed by atoms with Crippen LogP contribution in [0, 0.1) is 0 Å². The molecule has 0 saturated heterocycles. The maximum absolute atomic E-state index is 11.7. The third-order valence-corrected chi connectivity index (χ3v) is 3.31. The van der Waals surface area contributed by atoms with Crippen molar-refractivity contribution in [3.8, 4) is 0 Å². The highest BCUT2D eigenvalue weighted by molar-refractivity contribution is 5.76. The quantitative estimate of drug-likeness (QED) is 0.658. The minimum atomic E-state index is -0.0511. The fourth-order valence-electron chi connectivity index (χ4n) is 2.14. The van der Waals surface area contributed by atoms with Gasteiger partial charge < -0.3 is 15.2 Å². The van der Waals surface area contributed by atoms with Crippen molar-refractivity contribution in [3.63, 3.8) is 0 Å². The van der Waals surface area contributed by atoms with Crippen LogP contribution in [0.25, 0.3) is 0 Å². The van der Waals surface area contributed by atoms with Crippen molar-refractivity contribution >= 4 is 5.91 Å². The second kappa shape index (κ2) is 11.3. The number of benzene rings is 1. The van der Waals surface area contributed by atoms with E-state index in [-0.39, 0.29) is 18.6 Å². The van der Waals surface area contributed by atoms with Gasteiger partial charge in [0.05, 0.1) is 25.7 Å². The Morgan fingerprint density at radius 1 is 1.33 bits per heavy atom. The fourth-order valence-corrected chi connectivity index (χ4v) is 2.14. The van der Waals surface area contributed by atoms with Gasteiger partial charge in [0.2, 0.25) is 5.91 Å². The van der Waals surface area contributed by atoms with Crippen LogP contribution in [0.4, 0.5) is 0 Å². The monoisotopic (exact) mass is 293 g/mol. The van der Waals surface area contributed by atoms with Gasteiger partial charge in [-0.3, -0.25) is 4.79 Å². The second-order valence-electron chi connectivity index (χ2n) is 5.15. The third-order valence-electron chi connectivity index (χ3n) is 3.31. The Labute approximate surface area is 127 Å². The summed E-state index contributed by atoms with van der Waals surface area (Å²) in [7, 11) is 0. The molecule has 4 heteroatoms. The molecule has 0 aliphatic rings. The van der Waals surface area contributed by atoms with Crippen molar-refractivity contribution in [1.29, 1.82) is 0 Å². The maximum atomic E-state index is 11.7. The number of nitrogens with one attached hydrogen (secondary N) is 1. The summed E-state index contributed by atoms with van der Waals surface area (Å²) in [5.74, 6) is -0.0511. The van der Waals surface area contributed by atoms with Crippen LogP contribution in [-0.2, 0) is 16.0 Å². The fraction of sp³-hybridized carbons (Fsp3) is 0.588. The molecule has 0 spiro atoms. The van der Waals surface area contributed by atoms with Crippen molar-refractivity contribution in [3.05, 3.63) is 35.9 Å². The SMILES string of the molecule is CCCCC(CC(=O)NCCO)OCCc1ccccc1. The lowest BCUT2D eigenvalue weighted by Gasteiger charge is -2.17. The number of hydrogen-bond acceptors (Lipinski definition) is 3. The molecule has 0 aliphatic heterocycles. The van der Waals surface area contributed by atoms with Crippen LogP contribution in [-0.4, -0.2) is 36.9 Å². The Hall–Kier alpha value is -1.39. The Balaban J connectivity index is 2.33. The van der Waals surface area contributed by atoms with E-state index in [1.807, 2.05) is 18.2 Å². The molecule has 1 aromatic carbocycles. The highest BCUT2D eigenvalue weighted by atomic mass is 16.5. The Morgan fingerprint density at radius 3 is 2.76 bits per heavy atom. The molecule has 2 N–H and O–H groups in total. The van der Waals surface area contributed by atoms with Crippen molar-refractivity contribution < 1.29 is 14.6 Å². The number of carbonyl (C=O) groups excluding carboxylic acids is 1. The van der Waals surface area contributed by atoms with E-state index in [0.29, 0.717) is 19.6 Å². The number of amides is 1. The zero-order valence-corrected chi connectivity index (χ0v) is 12.9. The van der Waals surface area contributed by atoms with Gasteiger partial charge in [0, 0.05) is 6.54 Å². The number of hydrogen-bond donors (Lipinski definition) is 2. The van der Waals surface area contributed by atoms with E-state index in [9.17, 15) is 4.79 Å². The lowest BCUT2D eigenvalue weighted by molar-refractivity contribution is -0.124. The molecule has 0 heterocycles. The maximum Gasteiger partial charge on any atom is 0.222 e. The van der Waals surface area contributed by atoms with Crippen molar-refractivity contribution in [2.75, 3.05) is 19.8 Å². The third kappa shape index (κ3) is 8.48. The number of unbranched alkanes of at least 4 members (excludes halogenated alkanes) is 1. The van der Waals surface area contributed by atoms with Crippen LogP contribution in [0.2, 0.25) is 0 Å². The zero-order valence-electron chi connectivity index (χ0n) is 12.9. The van der Waals surface area contributed by atoms with E-state index in [1.165, 1.54) is 5.56 Å². The standard InChI is InChI=1S/C17H27NO3/c1-2-3-9-16(14-17(20)18-11-12-19)21-13-10-15-7-5-4-6-8-15/h4-8,16,19H,2-3,9-14H2,1H3,(H,18,20). The molecule has 118 valence electrons. The average molecular weight is 293 g/mol. The summed E-state index contributed by atoms with van der Waals surface area (Å²) in [6, 6.07) is 10.2. The molecule has 0 bridgehead atoms. The Kier molecular flexibility index (Phi) is 9.49. The van der Waals surface area contributed by atoms with E-state index in [0.717, 1.165) is 25.7 Å². The molecule has 0 aliphatic carbocycles. The molecule has 0 saturated carbocycles. The second-order valence-corrected chi connectivity index (χ2v) is 5.15. The highest BCUT2D eigenvalue weighted by Gasteiger charge is 2.13. The van der Waals surface area contributed by atoms with Gasteiger partial charge >= 0.3 is 0 Å². The van der Waals surface area contributed by atoms with Crippen LogP contribution in [0.5, 0.6) is 0 Å². The van der Waals surface area contributed by atoms with E-state index in [2.05, 4.69) is 24.4 Å². The predicted octanol–water partition coefficient (Wildman–Crippen LogP) is 2.30. The van der Waals surface area contributed by atoms with Crippen LogP contribution >= 0.6 is 0 Å². The number of carbonyl (C=O) groups is 1. The van der Waals surface area contributed by atoms with Gasteiger partial charge in [0.1, 0.15) is 0 Å². The molecular weight excluding hydrogens is 266 g/mol. The summed E-state index contributed by atoms with van der Waals surface area (Å²) < 4.78 is 5.88. The van der Waals surface area contributed by atoms with E-state index in [1.54, 1.807) is 0 Å². The Bertz CT molecular complexity index is 381.